The Balaban J connectivity index is -0.000000372. The Bertz CT molecular complexity index is 282. The van der Waals surface area contributed by atoms with Crippen molar-refractivity contribution < 1.29 is 24.6 Å². The summed E-state index contributed by atoms with van der Waals surface area (Å²) in [5.74, 6) is -0.0320. The van der Waals surface area contributed by atoms with Crippen molar-refractivity contribution in [3.63, 3.8) is 0 Å². The Labute approximate surface area is 130 Å². The Morgan fingerprint density at radius 2 is 1.50 bits per heavy atom. The predicted molar refractivity (Wildman–Crippen MR) is 83.2 cm³/mol. The number of carboxylic acid groups (broad SMARTS) is 2. The van der Waals surface area contributed by atoms with Gasteiger partial charge in [-0.2, -0.15) is 0 Å². The smallest absolute Gasteiger partial charge is 0.402 e. The maximum Gasteiger partial charge on any atom is 0.402 e. The van der Waals surface area contributed by atoms with Crippen molar-refractivity contribution in [1.82, 2.24) is 5.32 Å². The van der Waals surface area contributed by atoms with Crippen LogP contribution in [-0.4, -0.2) is 47.4 Å². The van der Waals surface area contributed by atoms with Gasteiger partial charge in [-0.15, -0.1) is 0 Å². The monoisotopic (exact) mass is 323 g/mol. The van der Waals surface area contributed by atoms with Gasteiger partial charge >= 0.3 is 12.2 Å². The number of rotatable bonds is 8. The zero-order valence-electron chi connectivity index (χ0n) is 13.0. The SMILES string of the molecule is CCCCNC(=O)[C@@H](N)CCCCN.NC(=O)O.NC(=O)O. The van der Waals surface area contributed by atoms with Gasteiger partial charge in [0.05, 0.1) is 6.04 Å². The van der Waals surface area contributed by atoms with Crippen LogP contribution in [0.15, 0.2) is 0 Å². The van der Waals surface area contributed by atoms with E-state index in [9.17, 15) is 4.79 Å². The van der Waals surface area contributed by atoms with Gasteiger partial charge in [0.25, 0.3) is 0 Å². The highest BCUT2D eigenvalue weighted by Gasteiger charge is 2.11. The molecule has 0 aliphatic carbocycles. The third kappa shape index (κ3) is 36.1. The predicted octanol–water partition coefficient (Wildman–Crippen LogP) is -0.395. The van der Waals surface area contributed by atoms with Crippen molar-refractivity contribution in [2.24, 2.45) is 22.9 Å². The molecule has 0 aromatic rings. The number of primary amides is 2. The molecule has 0 aromatic heterocycles. The molecule has 3 amide bonds. The molecule has 0 bridgehead atoms. The van der Waals surface area contributed by atoms with E-state index in [1.54, 1.807) is 0 Å². The molecule has 0 spiro atoms. The molecule has 0 heterocycles. The normalized spacial score (nSPS) is 10.1. The number of hydrogen-bond donors (Lipinski definition) is 7. The maximum atomic E-state index is 11.3. The number of carbonyl (C=O) groups is 3. The van der Waals surface area contributed by atoms with Crippen LogP contribution >= 0.6 is 0 Å². The van der Waals surface area contributed by atoms with Crippen LogP contribution in [0.5, 0.6) is 0 Å². The molecule has 1 atom stereocenters. The third-order valence-corrected chi connectivity index (χ3v) is 2.14. The van der Waals surface area contributed by atoms with E-state index in [0.717, 1.165) is 38.6 Å². The summed E-state index contributed by atoms with van der Waals surface area (Å²) in [5, 5.41) is 17.2. The molecule has 10 heteroatoms. The lowest BCUT2D eigenvalue weighted by atomic mass is 10.1. The molecule has 0 unspecified atom stereocenters. The first kappa shape index (κ1) is 24.9. The van der Waals surface area contributed by atoms with Crippen LogP contribution in [0, 0.1) is 0 Å². The number of hydrogen-bond acceptors (Lipinski definition) is 5. The molecule has 132 valence electrons. The lowest BCUT2D eigenvalue weighted by molar-refractivity contribution is -0.122. The summed E-state index contributed by atoms with van der Waals surface area (Å²) in [4.78, 5) is 28.9. The topological polar surface area (TPSA) is 208 Å². The number of amides is 3. The van der Waals surface area contributed by atoms with Crippen molar-refractivity contribution in [2.45, 2.75) is 45.1 Å². The number of nitrogens with two attached hydrogens (primary N) is 4. The lowest BCUT2D eigenvalue weighted by Gasteiger charge is -2.11. The zero-order valence-corrected chi connectivity index (χ0v) is 13.0. The third-order valence-electron chi connectivity index (χ3n) is 2.14. The quantitative estimate of drug-likeness (QED) is 0.294. The standard InChI is InChI=1S/C10H23N3O.2CH3NO2/c1-2-3-8-13-10(14)9(12)6-4-5-7-11;2*2-1(3)4/h9H,2-8,11-12H2,1H3,(H,13,14);2*2H2,(H,3,4)/t9-;;/m0../s1. The van der Waals surface area contributed by atoms with Crippen LogP contribution in [0.25, 0.3) is 0 Å². The summed E-state index contributed by atoms with van der Waals surface area (Å²) in [6, 6.07) is -0.363. The van der Waals surface area contributed by atoms with Crippen molar-refractivity contribution in [2.75, 3.05) is 13.1 Å². The average Bonchev–Trinajstić information content (AvgIpc) is 2.37. The van der Waals surface area contributed by atoms with Crippen LogP contribution < -0.4 is 28.3 Å². The van der Waals surface area contributed by atoms with E-state index in [1.807, 2.05) is 0 Å². The fourth-order valence-electron chi connectivity index (χ4n) is 1.16. The fourth-order valence-corrected chi connectivity index (χ4v) is 1.16. The molecule has 0 aliphatic rings. The molecule has 22 heavy (non-hydrogen) atoms. The van der Waals surface area contributed by atoms with Crippen molar-refractivity contribution in [1.29, 1.82) is 0 Å². The number of carbonyl (C=O) groups excluding carboxylic acids is 1. The highest BCUT2D eigenvalue weighted by Crippen LogP contribution is 1.97. The molecule has 0 rings (SSSR count). The van der Waals surface area contributed by atoms with Gasteiger partial charge in [-0.1, -0.05) is 19.8 Å². The summed E-state index contributed by atoms with van der Waals surface area (Å²) < 4.78 is 0. The molecule has 0 radical (unpaired) electrons. The second-order valence-electron chi connectivity index (χ2n) is 4.21. The molecular weight excluding hydrogens is 294 g/mol. The number of unbranched alkanes of at least 4 members (excludes halogenated alkanes) is 2. The summed E-state index contributed by atoms with van der Waals surface area (Å²) in [6.45, 7) is 3.50. The van der Waals surface area contributed by atoms with E-state index >= 15 is 0 Å². The molecular formula is C12H29N5O5. The van der Waals surface area contributed by atoms with E-state index in [0.29, 0.717) is 6.54 Å². The van der Waals surface area contributed by atoms with Crippen molar-refractivity contribution in [3.05, 3.63) is 0 Å². The highest BCUT2D eigenvalue weighted by molar-refractivity contribution is 5.81. The van der Waals surface area contributed by atoms with Gasteiger partial charge in [0.1, 0.15) is 0 Å². The average molecular weight is 323 g/mol. The Kier molecular flexibility index (Phi) is 21.4. The van der Waals surface area contributed by atoms with Gasteiger partial charge in [0.2, 0.25) is 5.91 Å². The minimum Gasteiger partial charge on any atom is -0.465 e. The number of nitrogens with one attached hydrogen (secondary N) is 1. The molecule has 0 aromatic carbocycles. The Morgan fingerprint density at radius 3 is 1.86 bits per heavy atom. The first-order chi connectivity index (χ1) is 10.2. The van der Waals surface area contributed by atoms with Gasteiger partial charge in [-0.3, -0.25) is 4.79 Å². The Hall–Kier alpha value is -2.07. The van der Waals surface area contributed by atoms with Crippen LogP contribution in [0.2, 0.25) is 0 Å². The molecule has 0 fully saturated rings. The van der Waals surface area contributed by atoms with Gasteiger partial charge in [-0.25, -0.2) is 9.59 Å². The zero-order chi connectivity index (χ0) is 18.0. The van der Waals surface area contributed by atoms with Crippen LogP contribution in [0.3, 0.4) is 0 Å². The van der Waals surface area contributed by atoms with E-state index in [-0.39, 0.29) is 11.9 Å². The van der Waals surface area contributed by atoms with Gasteiger partial charge < -0.3 is 38.5 Å². The fraction of sp³-hybridized carbons (Fsp3) is 0.750. The second kappa shape index (κ2) is 18.9. The minimum absolute atomic E-state index is 0.0320. The van der Waals surface area contributed by atoms with E-state index in [2.05, 4.69) is 23.7 Å². The molecule has 11 N–H and O–H groups in total. The largest absolute Gasteiger partial charge is 0.465 e. The van der Waals surface area contributed by atoms with Gasteiger partial charge in [0, 0.05) is 6.54 Å². The first-order valence-electron chi connectivity index (χ1n) is 6.89. The Morgan fingerprint density at radius 1 is 1.05 bits per heavy atom. The summed E-state index contributed by atoms with van der Waals surface area (Å²) in [6.07, 6.45) is 2.04. The summed E-state index contributed by atoms with van der Waals surface area (Å²) in [5.41, 5.74) is 19.1. The lowest BCUT2D eigenvalue weighted by Crippen LogP contribution is -2.40. The first-order valence-corrected chi connectivity index (χ1v) is 6.89. The van der Waals surface area contributed by atoms with Crippen molar-refractivity contribution >= 4 is 18.1 Å². The highest BCUT2D eigenvalue weighted by atomic mass is 16.4. The summed E-state index contributed by atoms with van der Waals surface area (Å²) >= 11 is 0. The van der Waals surface area contributed by atoms with Crippen LogP contribution in [0.4, 0.5) is 9.59 Å². The van der Waals surface area contributed by atoms with Crippen molar-refractivity contribution in [3.8, 4) is 0 Å². The minimum atomic E-state index is -1.33. The van der Waals surface area contributed by atoms with Gasteiger partial charge in [-0.05, 0) is 25.8 Å². The maximum absolute atomic E-state index is 11.3. The van der Waals surface area contributed by atoms with E-state index in [1.165, 1.54) is 0 Å². The van der Waals surface area contributed by atoms with Gasteiger partial charge in [0.15, 0.2) is 0 Å². The van der Waals surface area contributed by atoms with Crippen LogP contribution in [0.1, 0.15) is 39.0 Å². The molecule has 0 saturated heterocycles. The van der Waals surface area contributed by atoms with E-state index in [4.69, 9.17) is 31.3 Å². The molecule has 0 aliphatic heterocycles. The summed E-state index contributed by atoms with van der Waals surface area (Å²) in [7, 11) is 0. The van der Waals surface area contributed by atoms with Crippen LogP contribution in [-0.2, 0) is 4.79 Å². The second-order valence-corrected chi connectivity index (χ2v) is 4.21. The molecule has 10 nitrogen and oxygen atoms in total. The molecule has 0 saturated carbocycles. The van der Waals surface area contributed by atoms with E-state index < -0.39 is 12.2 Å².